The van der Waals surface area contributed by atoms with Gasteiger partial charge in [-0.05, 0) is 95.3 Å². The fraction of sp³-hybridized carbons (Fsp3) is 0. The van der Waals surface area contributed by atoms with Crippen LogP contribution in [0.15, 0.2) is 364 Å². The topological polar surface area (TPSA) is 0 Å². The van der Waals surface area contributed by atoms with E-state index in [-0.39, 0.29) is 17.1 Å². The normalized spacial score (nSPS) is 10.4. The van der Waals surface area contributed by atoms with Crippen molar-refractivity contribution in [1.82, 2.24) is 0 Å². The van der Waals surface area contributed by atoms with Crippen LogP contribution >= 0.6 is 31.7 Å². The maximum Gasteiger partial charge on any atom is 0 e. The molecule has 0 atom stereocenters. The number of hydrogen-bond acceptors (Lipinski definition) is 0. The van der Waals surface area contributed by atoms with Gasteiger partial charge in [0.1, 0.15) is 0 Å². The van der Waals surface area contributed by atoms with Crippen LogP contribution in [0.1, 0.15) is 0 Å². The Labute approximate surface area is 473 Å². The van der Waals surface area contributed by atoms with Gasteiger partial charge in [0.2, 0.25) is 0 Å². The van der Waals surface area contributed by atoms with Crippen LogP contribution in [-0.2, 0) is 17.1 Å². The van der Waals surface area contributed by atoms with Gasteiger partial charge in [0, 0.05) is 17.1 Å². The van der Waals surface area contributed by atoms with E-state index in [1.165, 1.54) is 63.7 Å². The van der Waals surface area contributed by atoms with Gasteiger partial charge in [-0.15, -0.1) is 0 Å². The van der Waals surface area contributed by atoms with Gasteiger partial charge < -0.3 is 0 Å². The molecule has 0 heterocycles. The fourth-order valence-electron chi connectivity index (χ4n) is 8.71. The van der Waals surface area contributed by atoms with Crippen molar-refractivity contribution in [1.29, 1.82) is 0 Å². The van der Waals surface area contributed by atoms with Crippen molar-refractivity contribution >= 4 is 95.3 Å². The zero-order chi connectivity index (χ0) is 51.7. The number of hydrogen-bond donors (Lipinski definition) is 0. The summed E-state index contributed by atoms with van der Waals surface area (Å²) in [5, 5.41) is 16.8. The van der Waals surface area contributed by atoms with Crippen molar-refractivity contribution in [2.75, 3.05) is 0 Å². The third-order valence-electron chi connectivity index (χ3n) is 12.2. The van der Waals surface area contributed by atoms with Gasteiger partial charge in [-0.25, -0.2) is 0 Å². The Morgan fingerprint density at radius 2 is 0.169 bits per heavy atom. The molecular weight excluding hydrogens is 1040 g/mol. The van der Waals surface area contributed by atoms with Crippen LogP contribution in [0.25, 0.3) is 0 Å². The Bertz CT molecular complexity index is 2580. The quantitative estimate of drug-likeness (QED) is 0.0845. The molecule has 0 N–H and O–H groups in total. The summed E-state index contributed by atoms with van der Waals surface area (Å²) in [6.07, 6.45) is 0. The van der Waals surface area contributed by atoms with E-state index in [0.717, 1.165) is 0 Å². The molecule has 12 aromatic rings. The van der Waals surface area contributed by atoms with Crippen LogP contribution in [0.3, 0.4) is 0 Å². The van der Waals surface area contributed by atoms with E-state index >= 15 is 0 Å². The van der Waals surface area contributed by atoms with Crippen LogP contribution in [0.5, 0.6) is 0 Å². The molecule has 0 bridgehead atoms. The first kappa shape index (κ1) is 56.1. The van der Waals surface area contributed by atoms with E-state index in [1.807, 2.05) is 0 Å². The minimum absolute atomic E-state index is 0. The Hall–Kier alpha value is -7.12. The van der Waals surface area contributed by atoms with Gasteiger partial charge in [-0.3, -0.25) is 0 Å². The first-order chi connectivity index (χ1) is 37.8. The molecule has 12 rings (SSSR count). The molecule has 0 nitrogen and oxygen atoms in total. The predicted octanol–water partition coefficient (Wildman–Crippen LogP) is 13.8. The zero-order valence-electron chi connectivity index (χ0n) is 42.8. The summed E-state index contributed by atoms with van der Waals surface area (Å²) in [7, 11) is -1.78. The standard InChI is InChI=1S/4C18H15P.Fe/c4*1-4-10-16(11-5-1)19(17-12-6-2-7-13-17)18-14-8-3-9-15-18;/h4*1-15H;. The van der Waals surface area contributed by atoms with Crippen molar-refractivity contribution in [2.24, 2.45) is 0 Å². The predicted molar refractivity (Wildman–Crippen MR) is 341 cm³/mol. The van der Waals surface area contributed by atoms with E-state index in [4.69, 9.17) is 0 Å². The van der Waals surface area contributed by atoms with E-state index in [0.29, 0.717) is 0 Å². The molecule has 0 saturated heterocycles. The Kier molecular flexibility index (Phi) is 22.7. The van der Waals surface area contributed by atoms with Crippen LogP contribution in [0.4, 0.5) is 0 Å². The van der Waals surface area contributed by atoms with Crippen LogP contribution in [0.2, 0.25) is 0 Å². The van der Waals surface area contributed by atoms with Gasteiger partial charge >= 0.3 is 0 Å². The Morgan fingerprint density at radius 1 is 0.104 bits per heavy atom. The molecule has 0 aromatic heterocycles. The van der Waals surface area contributed by atoms with Crippen molar-refractivity contribution in [3.05, 3.63) is 364 Å². The molecule has 0 fully saturated rings. The first-order valence-electron chi connectivity index (χ1n) is 25.6. The van der Waals surface area contributed by atoms with Crippen molar-refractivity contribution in [2.45, 2.75) is 0 Å². The van der Waals surface area contributed by atoms with Gasteiger partial charge in [-0.1, -0.05) is 364 Å². The van der Waals surface area contributed by atoms with Crippen LogP contribution in [0, 0.1) is 0 Å². The second-order valence-electron chi connectivity index (χ2n) is 17.4. The summed E-state index contributed by atoms with van der Waals surface area (Å²) in [6, 6.07) is 129. The number of rotatable bonds is 12. The second-order valence-corrected chi connectivity index (χ2v) is 26.2. The second kappa shape index (κ2) is 31.2. The summed E-state index contributed by atoms with van der Waals surface area (Å²) < 4.78 is 0. The fourth-order valence-corrected chi connectivity index (χ4v) is 17.9. The maximum absolute atomic E-state index is 2.23. The van der Waals surface area contributed by atoms with E-state index in [9.17, 15) is 0 Å². The molecule has 0 amide bonds. The Morgan fingerprint density at radius 3 is 0.234 bits per heavy atom. The summed E-state index contributed by atoms with van der Waals surface area (Å²) in [5.41, 5.74) is 0. The third kappa shape index (κ3) is 16.4. The van der Waals surface area contributed by atoms with Crippen molar-refractivity contribution < 1.29 is 17.1 Å². The molecular formula is C72H60FeP4. The van der Waals surface area contributed by atoms with E-state index in [1.54, 1.807) is 0 Å². The summed E-state index contributed by atoms with van der Waals surface area (Å²) in [6.45, 7) is 0. The Balaban J connectivity index is 0.000000135. The molecule has 0 unspecified atom stereocenters. The third-order valence-corrected chi connectivity index (χ3v) is 21.9. The molecule has 0 aliphatic heterocycles. The van der Waals surface area contributed by atoms with E-state index in [2.05, 4.69) is 364 Å². The molecule has 12 aromatic carbocycles. The zero-order valence-corrected chi connectivity index (χ0v) is 47.5. The van der Waals surface area contributed by atoms with Gasteiger partial charge in [0.25, 0.3) is 0 Å². The smallest absolute Gasteiger partial charge is 0 e. The minimum Gasteiger partial charge on any atom is -0.0622 e. The van der Waals surface area contributed by atoms with Crippen molar-refractivity contribution in [3.8, 4) is 0 Å². The summed E-state index contributed by atoms with van der Waals surface area (Å²) in [5.74, 6) is 0. The monoisotopic (exact) mass is 1100 g/mol. The molecule has 0 aliphatic rings. The molecule has 0 aliphatic carbocycles. The van der Waals surface area contributed by atoms with Gasteiger partial charge in [0.05, 0.1) is 0 Å². The van der Waals surface area contributed by atoms with Crippen LogP contribution < -0.4 is 63.7 Å². The first-order valence-corrected chi connectivity index (χ1v) is 31.0. The maximum atomic E-state index is 2.23. The average Bonchev–Trinajstić information content (AvgIpc) is 3.51. The average molecular weight is 1110 g/mol. The van der Waals surface area contributed by atoms with Crippen molar-refractivity contribution in [3.63, 3.8) is 0 Å². The summed E-state index contributed by atoms with van der Waals surface area (Å²) in [4.78, 5) is 0. The minimum atomic E-state index is -0.446. The number of benzene rings is 12. The molecule has 376 valence electrons. The molecule has 0 saturated carbocycles. The largest absolute Gasteiger partial charge is 0.0622 e. The summed E-state index contributed by atoms with van der Waals surface area (Å²) >= 11 is 0. The van der Waals surface area contributed by atoms with Gasteiger partial charge in [0.15, 0.2) is 0 Å². The SMILES string of the molecule is [Fe].c1ccc(P(c2ccccc2)c2ccccc2)cc1.c1ccc(P(c2ccccc2)c2ccccc2)cc1.c1ccc(P(c2ccccc2)c2ccccc2)cc1.c1ccc(P(c2ccccc2)c2ccccc2)cc1. The van der Waals surface area contributed by atoms with Crippen LogP contribution in [-0.4, -0.2) is 0 Å². The molecule has 0 spiro atoms. The van der Waals surface area contributed by atoms with E-state index < -0.39 is 31.7 Å². The molecule has 77 heavy (non-hydrogen) atoms. The van der Waals surface area contributed by atoms with Gasteiger partial charge in [-0.2, -0.15) is 0 Å². The molecule has 5 heteroatoms. The molecule has 0 radical (unpaired) electrons.